The Bertz CT molecular complexity index is 1550. The minimum absolute atomic E-state index is 0.0316. The molecular weight excluding hydrogens is 639 g/mol. The fraction of sp³-hybridized carbons (Fsp3) is 0.265. The third kappa shape index (κ3) is 6.99. The summed E-state index contributed by atoms with van der Waals surface area (Å²) in [6.07, 6.45) is 3.24. The van der Waals surface area contributed by atoms with Gasteiger partial charge in [0.05, 0.1) is 25.1 Å². The van der Waals surface area contributed by atoms with Gasteiger partial charge in [-0.15, -0.1) is 0 Å². The van der Waals surface area contributed by atoms with E-state index in [1.165, 1.54) is 0 Å². The third-order valence-electron chi connectivity index (χ3n) is 7.38. The minimum Gasteiger partial charge on any atom is -0.497 e. The summed E-state index contributed by atoms with van der Waals surface area (Å²) < 4.78 is 11.6. The summed E-state index contributed by atoms with van der Waals surface area (Å²) in [5, 5.41) is 3.34. The van der Waals surface area contributed by atoms with Crippen LogP contribution in [0.2, 0.25) is 0 Å². The molecular formula is C34H35IN4O3. The second-order valence-corrected chi connectivity index (χ2v) is 11.5. The molecule has 42 heavy (non-hydrogen) atoms. The quantitative estimate of drug-likeness (QED) is 0.146. The largest absolute Gasteiger partial charge is 0.497 e. The van der Waals surface area contributed by atoms with Gasteiger partial charge < -0.3 is 19.7 Å². The van der Waals surface area contributed by atoms with Crippen LogP contribution < -0.4 is 15.0 Å². The van der Waals surface area contributed by atoms with Crippen LogP contribution in [-0.4, -0.2) is 50.0 Å². The molecule has 0 fully saturated rings. The summed E-state index contributed by atoms with van der Waals surface area (Å²) in [7, 11) is 3.36. The fourth-order valence-corrected chi connectivity index (χ4v) is 5.56. The Balaban J connectivity index is 1.57. The van der Waals surface area contributed by atoms with Crippen molar-refractivity contribution >= 4 is 45.7 Å². The van der Waals surface area contributed by atoms with Crippen LogP contribution in [0.1, 0.15) is 34.2 Å². The maximum absolute atomic E-state index is 14.4. The number of anilines is 2. The number of aryl methyl sites for hydroxylation is 1. The van der Waals surface area contributed by atoms with Crippen LogP contribution in [0.15, 0.2) is 90.1 Å². The van der Waals surface area contributed by atoms with Crippen LogP contribution in [0.3, 0.4) is 0 Å². The summed E-state index contributed by atoms with van der Waals surface area (Å²) in [5.41, 5.74) is 6.66. The number of aliphatic imine (C=N–C) groups is 1. The van der Waals surface area contributed by atoms with Crippen molar-refractivity contribution in [2.75, 3.05) is 37.6 Å². The Morgan fingerprint density at radius 3 is 2.52 bits per heavy atom. The topological polar surface area (TPSA) is 76.0 Å². The highest BCUT2D eigenvalue weighted by Gasteiger charge is 2.33. The number of carbonyl (C=O) groups is 1. The molecule has 0 bridgehead atoms. The number of rotatable bonds is 11. The van der Waals surface area contributed by atoms with E-state index in [1.54, 1.807) is 14.2 Å². The van der Waals surface area contributed by atoms with Crippen LogP contribution in [-0.2, 0) is 22.5 Å². The Kier molecular flexibility index (Phi) is 9.86. The maximum Gasteiger partial charge on any atom is 0.252 e. The number of benzodiazepines with no additional fused rings is 1. The molecule has 1 atom stereocenters. The minimum atomic E-state index is -0.601. The third-order valence-corrected chi connectivity index (χ3v) is 8.05. The molecule has 0 aliphatic carbocycles. The van der Waals surface area contributed by atoms with E-state index in [0.29, 0.717) is 19.6 Å². The Labute approximate surface area is 261 Å². The van der Waals surface area contributed by atoms with Gasteiger partial charge in [0, 0.05) is 47.6 Å². The smallest absolute Gasteiger partial charge is 0.252 e. The number of pyridine rings is 1. The highest BCUT2D eigenvalue weighted by Crippen LogP contribution is 2.32. The lowest BCUT2D eigenvalue weighted by atomic mass is 10.00. The zero-order valence-corrected chi connectivity index (χ0v) is 26.3. The van der Waals surface area contributed by atoms with Crippen molar-refractivity contribution in [2.45, 2.75) is 32.4 Å². The molecule has 2 heterocycles. The molecule has 0 radical (unpaired) electrons. The first-order valence-corrected chi connectivity index (χ1v) is 15.1. The number of nitrogens with zero attached hydrogens (tertiary/aromatic N) is 3. The zero-order valence-electron chi connectivity index (χ0n) is 24.1. The van der Waals surface area contributed by atoms with Gasteiger partial charge in [-0.3, -0.25) is 9.79 Å². The van der Waals surface area contributed by atoms with Gasteiger partial charge in [0.2, 0.25) is 0 Å². The number of fused-ring (bicyclic) bond motifs is 1. The van der Waals surface area contributed by atoms with Crippen LogP contribution in [0.4, 0.5) is 11.5 Å². The predicted molar refractivity (Wildman–Crippen MR) is 177 cm³/mol. The number of methoxy groups -OCH3 is 2. The monoisotopic (exact) mass is 674 g/mol. The second kappa shape index (κ2) is 13.9. The van der Waals surface area contributed by atoms with Gasteiger partial charge >= 0.3 is 0 Å². The fourth-order valence-electron chi connectivity index (χ4n) is 5.07. The van der Waals surface area contributed by atoms with Crippen molar-refractivity contribution < 1.29 is 14.3 Å². The number of amides is 1. The molecule has 216 valence electrons. The Morgan fingerprint density at radius 1 is 1.00 bits per heavy atom. The lowest BCUT2D eigenvalue weighted by Gasteiger charge is -2.26. The molecule has 1 N–H and O–H groups in total. The molecule has 1 unspecified atom stereocenters. The van der Waals surface area contributed by atoms with Gasteiger partial charge in [0.25, 0.3) is 5.91 Å². The average molecular weight is 675 g/mol. The van der Waals surface area contributed by atoms with Crippen molar-refractivity contribution in [1.29, 1.82) is 0 Å². The Hall–Kier alpha value is -3.76. The van der Waals surface area contributed by atoms with Crippen molar-refractivity contribution in [3.8, 4) is 5.75 Å². The number of benzene rings is 3. The molecule has 1 aliphatic heterocycles. The molecule has 0 spiro atoms. The maximum atomic E-state index is 14.4. The number of hydrogen-bond donors (Lipinski definition) is 1. The normalized spacial score (nSPS) is 14.7. The summed E-state index contributed by atoms with van der Waals surface area (Å²) in [6.45, 7) is 3.97. The molecule has 1 amide bonds. The number of nitrogens with one attached hydrogen (secondary N) is 1. The van der Waals surface area contributed by atoms with Crippen molar-refractivity contribution in [2.24, 2.45) is 4.99 Å². The zero-order chi connectivity index (χ0) is 29.5. The van der Waals surface area contributed by atoms with Crippen molar-refractivity contribution in [1.82, 2.24) is 4.98 Å². The first kappa shape index (κ1) is 29.7. The average Bonchev–Trinajstić information content (AvgIpc) is 3.11. The van der Waals surface area contributed by atoms with Gasteiger partial charge in [-0.1, -0.05) is 36.4 Å². The van der Waals surface area contributed by atoms with E-state index >= 15 is 0 Å². The summed E-state index contributed by atoms with van der Waals surface area (Å²) in [6, 6.07) is 25.6. The second-order valence-electron chi connectivity index (χ2n) is 10.3. The summed E-state index contributed by atoms with van der Waals surface area (Å²) in [5.74, 6) is 1.54. The van der Waals surface area contributed by atoms with E-state index in [0.717, 1.165) is 67.3 Å². The molecule has 8 heteroatoms. The van der Waals surface area contributed by atoms with E-state index in [2.05, 4.69) is 58.0 Å². The number of hydrogen-bond acceptors (Lipinski definition) is 6. The number of halogens is 1. The van der Waals surface area contributed by atoms with Gasteiger partial charge in [-0.25, -0.2) is 4.98 Å². The molecule has 4 aromatic rings. The first-order valence-electron chi connectivity index (χ1n) is 14.0. The van der Waals surface area contributed by atoms with E-state index in [-0.39, 0.29) is 5.91 Å². The highest BCUT2D eigenvalue weighted by molar-refractivity contribution is 14.1. The number of aromatic nitrogens is 1. The van der Waals surface area contributed by atoms with Crippen LogP contribution in [0.5, 0.6) is 5.75 Å². The first-order chi connectivity index (χ1) is 20.5. The number of carbonyl (C=O) groups excluding carboxylic acids is 1. The van der Waals surface area contributed by atoms with Crippen molar-refractivity contribution in [3.63, 3.8) is 0 Å². The SMILES string of the molecule is COCCCNc1ccc(C2=NC(Cc3ccccc3C)C(=O)N(Cc3ccc(OC)cc3)c3ccc(I)cc32)cn1. The molecule has 0 saturated carbocycles. The lowest BCUT2D eigenvalue weighted by molar-refractivity contribution is -0.119. The van der Waals surface area contributed by atoms with Gasteiger partial charge in [0.15, 0.2) is 0 Å². The summed E-state index contributed by atoms with van der Waals surface area (Å²) >= 11 is 2.32. The van der Waals surface area contributed by atoms with E-state index in [1.807, 2.05) is 71.8 Å². The molecule has 5 rings (SSSR count). The van der Waals surface area contributed by atoms with Crippen LogP contribution >= 0.6 is 22.6 Å². The van der Waals surface area contributed by atoms with Gasteiger partial charge in [-0.2, -0.15) is 0 Å². The molecule has 0 saturated heterocycles. The summed E-state index contributed by atoms with van der Waals surface area (Å²) in [4.78, 5) is 26.2. The van der Waals surface area contributed by atoms with Crippen molar-refractivity contribution in [3.05, 3.63) is 116 Å². The van der Waals surface area contributed by atoms with Crippen LogP contribution in [0, 0.1) is 10.5 Å². The molecule has 3 aromatic carbocycles. The van der Waals surface area contributed by atoms with E-state index in [4.69, 9.17) is 14.5 Å². The molecule has 1 aliphatic rings. The predicted octanol–water partition coefficient (Wildman–Crippen LogP) is 6.45. The Morgan fingerprint density at radius 2 is 1.81 bits per heavy atom. The lowest BCUT2D eigenvalue weighted by Crippen LogP contribution is -2.38. The highest BCUT2D eigenvalue weighted by atomic mass is 127. The van der Waals surface area contributed by atoms with E-state index < -0.39 is 6.04 Å². The van der Waals surface area contributed by atoms with Gasteiger partial charge in [-0.05, 0) is 95.1 Å². The van der Waals surface area contributed by atoms with Gasteiger partial charge in [0.1, 0.15) is 17.6 Å². The number of ether oxygens (including phenoxy) is 2. The standard InChI is InChI=1S/C34H35IN4O3/c1-23-7-4-5-8-25(23)19-30-34(40)39(22-24-9-13-28(42-3)14-10-24)31-15-12-27(35)20-29(31)33(38-30)26-11-16-32(37-21-26)36-17-6-18-41-2/h4-5,7-16,20-21,30H,6,17-19,22H2,1-3H3,(H,36,37). The molecule has 7 nitrogen and oxygen atoms in total. The van der Waals surface area contributed by atoms with Crippen LogP contribution in [0.25, 0.3) is 0 Å². The van der Waals surface area contributed by atoms with E-state index in [9.17, 15) is 4.79 Å². The molecule has 1 aromatic heterocycles.